The van der Waals surface area contributed by atoms with Crippen molar-refractivity contribution < 1.29 is 4.52 Å². The van der Waals surface area contributed by atoms with Gasteiger partial charge in [-0.2, -0.15) is 5.26 Å². The summed E-state index contributed by atoms with van der Waals surface area (Å²) in [5, 5.41) is 12.6. The molecule has 3 nitrogen and oxygen atoms in total. The van der Waals surface area contributed by atoms with Crippen molar-refractivity contribution in [3.05, 3.63) is 70.2 Å². The van der Waals surface area contributed by atoms with Gasteiger partial charge in [0.05, 0.1) is 23.6 Å². The first kappa shape index (κ1) is 20.3. The maximum atomic E-state index is 9.42. The Labute approximate surface area is 175 Å². The summed E-state index contributed by atoms with van der Waals surface area (Å²) in [4.78, 5) is 0.947. The van der Waals surface area contributed by atoms with E-state index in [-0.39, 0.29) is 0 Å². The molecule has 0 radical (unpaired) electrons. The standard InChI is InChI=1S/C20H17Cl2N2OPS/c1-2-25-26-13-24(27-17-10-15(21)9-16(22)11-17)20-8-4-6-18-14(12-23)5-3-7-19(18)20/h3-11,26H,2,13H2,1H3. The lowest BCUT2D eigenvalue weighted by molar-refractivity contribution is 0.390. The minimum atomic E-state index is 0.327. The molecular formula is C20H17Cl2N2OPS. The maximum absolute atomic E-state index is 9.42. The van der Waals surface area contributed by atoms with Crippen LogP contribution in [0.5, 0.6) is 0 Å². The number of benzene rings is 3. The predicted molar refractivity (Wildman–Crippen MR) is 118 cm³/mol. The van der Waals surface area contributed by atoms with Crippen LogP contribution in [0.1, 0.15) is 12.5 Å². The van der Waals surface area contributed by atoms with Crippen LogP contribution in [0.15, 0.2) is 59.5 Å². The van der Waals surface area contributed by atoms with Crippen LogP contribution in [0.25, 0.3) is 10.8 Å². The lowest BCUT2D eigenvalue weighted by Gasteiger charge is -2.25. The fourth-order valence-electron chi connectivity index (χ4n) is 2.69. The van der Waals surface area contributed by atoms with E-state index in [1.54, 1.807) is 18.0 Å². The summed E-state index contributed by atoms with van der Waals surface area (Å²) in [6.07, 6.45) is 0.707. The number of rotatable bonds is 7. The summed E-state index contributed by atoms with van der Waals surface area (Å²) < 4.78 is 7.76. The van der Waals surface area contributed by atoms with Crippen molar-refractivity contribution in [2.24, 2.45) is 0 Å². The third kappa shape index (κ3) is 5.08. The predicted octanol–water partition coefficient (Wildman–Crippen LogP) is 7.12. The summed E-state index contributed by atoms with van der Waals surface area (Å²) in [5.74, 6) is 0. The summed E-state index contributed by atoms with van der Waals surface area (Å²) >= 11 is 13.9. The zero-order chi connectivity index (χ0) is 19.2. The molecule has 0 heterocycles. The molecule has 0 aliphatic carbocycles. The second-order valence-corrected chi connectivity index (χ2v) is 8.46. The zero-order valence-corrected chi connectivity index (χ0v) is 17.9. The van der Waals surface area contributed by atoms with Gasteiger partial charge in [-0.3, -0.25) is 0 Å². The molecule has 0 aromatic heterocycles. The minimum Gasteiger partial charge on any atom is -0.361 e. The van der Waals surface area contributed by atoms with Crippen LogP contribution in [0.4, 0.5) is 5.69 Å². The van der Waals surface area contributed by atoms with Gasteiger partial charge in [0.15, 0.2) is 0 Å². The number of nitriles is 1. The largest absolute Gasteiger partial charge is 0.361 e. The molecule has 3 aromatic rings. The molecule has 0 bridgehead atoms. The molecule has 7 heteroatoms. The van der Waals surface area contributed by atoms with E-state index in [9.17, 15) is 5.26 Å². The Balaban J connectivity index is 2.03. The Morgan fingerprint density at radius 3 is 2.48 bits per heavy atom. The fraction of sp³-hybridized carbons (Fsp3) is 0.150. The Hall–Kier alpha value is -1.47. The van der Waals surface area contributed by atoms with Crippen molar-refractivity contribution in [3.8, 4) is 6.07 Å². The van der Waals surface area contributed by atoms with E-state index in [2.05, 4.69) is 16.4 Å². The number of halogens is 2. The quantitative estimate of drug-likeness (QED) is 0.225. The van der Waals surface area contributed by atoms with Crippen LogP contribution in [0, 0.1) is 11.3 Å². The van der Waals surface area contributed by atoms with E-state index >= 15 is 0 Å². The van der Waals surface area contributed by atoms with Gasteiger partial charge in [-0.25, -0.2) is 0 Å². The lowest BCUT2D eigenvalue weighted by atomic mass is 10.0. The topological polar surface area (TPSA) is 36.3 Å². The monoisotopic (exact) mass is 434 g/mol. The molecule has 0 N–H and O–H groups in total. The lowest BCUT2D eigenvalue weighted by Crippen LogP contribution is -2.13. The van der Waals surface area contributed by atoms with E-state index in [1.807, 2.05) is 49.4 Å². The molecule has 0 amide bonds. The van der Waals surface area contributed by atoms with Gasteiger partial charge in [0, 0.05) is 41.1 Å². The Morgan fingerprint density at radius 1 is 1.07 bits per heavy atom. The number of anilines is 1. The molecule has 138 valence electrons. The van der Waals surface area contributed by atoms with Crippen LogP contribution in [-0.4, -0.2) is 12.9 Å². The smallest absolute Gasteiger partial charge is 0.0998 e. The number of fused-ring (bicyclic) bond motifs is 1. The van der Waals surface area contributed by atoms with Crippen LogP contribution in [-0.2, 0) is 4.52 Å². The summed E-state index contributed by atoms with van der Waals surface area (Å²) in [7, 11) is 0.327. The van der Waals surface area contributed by atoms with E-state index < -0.39 is 0 Å². The minimum absolute atomic E-state index is 0.327. The van der Waals surface area contributed by atoms with Gasteiger partial charge < -0.3 is 8.83 Å². The first-order valence-electron chi connectivity index (χ1n) is 8.30. The van der Waals surface area contributed by atoms with Crippen LogP contribution in [0.3, 0.4) is 0 Å². The molecule has 27 heavy (non-hydrogen) atoms. The molecule has 0 aliphatic heterocycles. The van der Waals surface area contributed by atoms with Gasteiger partial charge in [0.2, 0.25) is 0 Å². The highest BCUT2D eigenvalue weighted by atomic mass is 35.5. The molecule has 1 unspecified atom stereocenters. The Morgan fingerprint density at radius 2 is 1.78 bits per heavy atom. The number of nitrogens with zero attached hydrogens (tertiary/aromatic N) is 2. The highest BCUT2D eigenvalue weighted by molar-refractivity contribution is 8.00. The number of hydrogen-bond donors (Lipinski definition) is 0. The molecule has 0 saturated carbocycles. The maximum Gasteiger partial charge on any atom is 0.0998 e. The van der Waals surface area contributed by atoms with Gasteiger partial charge in [-0.15, -0.1) is 0 Å². The molecule has 0 aliphatic rings. The third-order valence-electron chi connectivity index (χ3n) is 3.79. The van der Waals surface area contributed by atoms with Gasteiger partial charge in [-0.1, -0.05) is 47.5 Å². The van der Waals surface area contributed by atoms with Crippen LogP contribution in [0.2, 0.25) is 10.0 Å². The Kier molecular flexibility index (Phi) is 7.24. The van der Waals surface area contributed by atoms with Gasteiger partial charge in [0.25, 0.3) is 0 Å². The van der Waals surface area contributed by atoms with Crippen molar-refractivity contribution in [2.75, 3.05) is 17.2 Å². The Bertz CT molecular complexity index is 973. The SMILES string of the molecule is CCOPCN(Sc1cc(Cl)cc(Cl)c1)c1cccc2c(C#N)cccc12. The molecule has 0 spiro atoms. The van der Waals surface area contributed by atoms with Crippen molar-refractivity contribution in [2.45, 2.75) is 11.8 Å². The summed E-state index contributed by atoms with van der Waals surface area (Å²) in [5.41, 5.74) is 1.69. The average molecular weight is 435 g/mol. The second-order valence-electron chi connectivity index (χ2n) is 5.60. The normalized spacial score (nSPS) is 11.2. The van der Waals surface area contributed by atoms with Crippen LogP contribution >= 0.6 is 44.0 Å². The van der Waals surface area contributed by atoms with Gasteiger partial charge in [0.1, 0.15) is 0 Å². The van der Waals surface area contributed by atoms with Crippen molar-refractivity contribution in [1.29, 1.82) is 5.26 Å². The highest BCUT2D eigenvalue weighted by Crippen LogP contribution is 2.38. The second kappa shape index (κ2) is 9.64. The summed E-state index contributed by atoms with van der Waals surface area (Å²) in [6, 6.07) is 19.6. The average Bonchev–Trinajstić information content (AvgIpc) is 2.65. The fourth-order valence-corrected chi connectivity index (χ4v) is 5.22. The molecular weight excluding hydrogens is 418 g/mol. The van der Waals surface area contributed by atoms with Gasteiger partial charge in [-0.05, 0) is 49.2 Å². The van der Waals surface area contributed by atoms with Crippen molar-refractivity contribution >= 4 is 60.4 Å². The van der Waals surface area contributed by atoms with Crippen molar-refractivity contribution in [1.82, 2.24) is 0 Å². The van der Waals surface area contributed by atoms with E-state index in [0.29, 0.717) is 37.3 Å². The molecule has 3 rings (SSSR count). The molecule has 3 aromatic carbocycles. The van der Waals surface area contributed by atoms with Crippen molar-refractivity contribution in [3.63, 3.8) is 0 Å². The van der Waals surface area contributed by atoms with E-state index in [4.69, 9.17) is 27.7 Å². The third-order valence-corrected chi connectivity index (χ3v) is 6.39. The molecule has 0 fully saturated rings. The first-order chi connectivity index (χ1) is 13.1. The van der Waals surface area contributed by atoms with Gasteiger partial charge >= 0.3 is 0 Å². The van der Waals surface area contributed by atoms with E-state index in [0.717, 1.165) is 21.4 Å². The van der Waals surface area contributed by atoms with Crippen LogP contribution < -0.4 is 4.31 Å². The molecule has 1 atom stereocenters. The number of hydrogen-bond acceptors (Lipinski definition) is 4. The highest BCUT2D eigenvalue weighted by Gasteiger charge is 2.14. The summed E-state index contributed by atoms with van der Waals surface area (Å²) in [6.45, 7) is 2.66. The molecule has 0 saturated heterocycles. The zero-order valence-electron chi connectivity index (χ0n) is 14.6. The first-order valence-corrected chi connectivity index (χ1v) is 10.9. The van der Waals surface area contributed by atoms with E-state index in [1.165, 1.54) is 0 Å².